The van der Waals surface area contributed by atoms with Crippen LogP contribution in [0.1, 0.15) is 40.0 Å². The largest absolute Gasteiger partial charge is 0.497 e. The van der Waals surface area contributed by atoms with Gasteiger partial charge in [-0.1, -0.05) is 18.2 Å². The smallest absolute Gasteiger partial charge is 0.251 e. The number of nitrogens with zero attached hydrogens (tertiary/aromatic N) is 3. The molecule has 1 saturated heterocycles. The van der Waals surface area contributed by atoms with E-state index in [-0.39, 0.29) is 30.3 Å². The van der Waals surface area contributed by atoms with E-state index in [4.69, 9.17) is 9.47 Å². The number of hydrogen-bond donors (Lipinski definition) is 2. The van der Waals surface area contributed by atoms with E-state index < -0.39 is 0 Å². The lowest BCUT2D eigenvalue weighted by Crippen LogP contribution is -2.39. The lowest BCUT2D eigenvalue weighted by atomic mass is 10.1. The Kier molecular flexibility index (Phi) is 6.58. The minimum absolute atomic E-state index is 0.0887. The predicted octanol–water partition coefficient (Wildman–Crippen LogP) is 2.45. The van der Waals surface area contributed by atoms with Gasteiger partial charge < -0.3 is 19.7 Å². The number of amides is 2. The molecule has 9 nitrogen and oxygen atoms in total. The molecule has 2 atom stereocenters. The average Bonchev–Trinajstić information content (AvgIpc) is 3.45. The van der Waals surface area contributed by atoms with Gasteiger partial charge in [0.25, 0.3) is 5.91 Å². The van der Waals surface area contributed by atoms with Crippen molar-refractivity contribution in [1.82, 2.24) is 25.4 Å². The molecule has 3 aromatic rings. The van der Waals surface area contributed by atoms with Crippen LogP contribution < -0.4 is 14.8 Å². The van der Waals surface area contributed by atoms with Crippen molar-refractivity contribution in [2.45, 2.75) is 31.8 Å². The highest BCUT2D eigenvalue weighted by atomic mass is 16.5. The highest BCUT2D eigenvalue weighted by Gasteiger charge is 2.39. The molecular formula is C24H27N5O4. The second kappa shape index (κ2) is 9.72. The Balaban J connectivity index is 1.53. The Bertz CT molecular complexity index is 1110. The van der Waals surface area contributed by atoms with Gasteiger partial charge in [-0.2, -0.15) is 5.10 Å². The van der Waals surface area contributed by atoms with Crippen LogP contribution in [0.2, 0.25) is 0 Å². The van der Waals surface area contributed by atoms with Gasteiger partial charge in [0.2, 0.25) is 5.91 Å². The van der Waals surface area contributed by atoms with Crippen molar-refractivity contribution in [1.29, 1.82) is 0 Å². The second-order valence-electron chi connectivity index (χ2n) is 8.01. The van der Waals surface area contributed by atoms with Crippen molar-refractivity contribution >= 4 is 11.8 Å². The molecule has 9 heteroatoms. The number of ether oxygens (including phenoxy) is 2. The van der Waals surface area contributed by atoms with E-state index in [0.717, 1.165) is 5.56 Å². The van der Waals surface area contributed by atoms with Gasteiger partial charge >= 0.3 is 0 Å². The van der Waals surface area contributed by atoms with Crippen molar-refractivity contribution in [3.63, 3.8) is 0 Å². The van der Waals surface area contributed by atoms with Crippen molar-refractivity contribution in [2.75, 3.05) is 20.8 Å². The molecule has 0 bridgehead atoms. The molecule has 1 aromatic heterocycles. The molecule has 172 valence electrons. The monoisotopic (exact) mass is 449 g/mol. The van der Waals surface area contributed by atoms with Gasteiger partial charge in [0.05, 0.1) is 26.7 Å². The first kappa shape index (κ1) is 22.3. The second-order valence-corrected chi connectivity index (χ2v) is 8.01. The summed E-state index contributed by atoms with van der Waals surface area (Å²) in [6, 6.07) is 13.9. The zero-order valence-electron chi connectivity index (χ0n) is 18.9. The van der Waals surface area contributed by atoms with E-state index in [1.54, 1.807) is 37.3 Å². The van der Waals surface area contributed by atoms with Gasteiger partial charge in [-0.3, -0.25) is 14.7 Å². The van der Waals surface area contributed by atoms with Crippen LogP contribution in [0, 0.1) is 6.92 Å². The molecule has 0 saturated carbocycles. The SMILES string of the molecule is COc1cc(CC(=O)N2C[C@@H](NC(=O)c3ccccc3)C[C@H]2c2n[nH]c(C)n2)cc(OC)c1. The molecule has 0 spiro atoms. The van der Waals surface area contributed by atoms with Gasteiger partial charge in [-0.15, -0.1) is 0 Å². The standard InChI is InChI=1S/C24H27N5O4/c1-15-25-23(28-27-15)21-12-18(26-24(31)17-7-5-4-6-8-17)14-29(21)22(30)11-16-9-19(32-2)13-20(10-16)33-3/h4-10,13,18,21H,11-12,14H2,1-3H3,(H,26,31)(H,25,27,28)/t18-,21-/m0/s1. The number of likely N-dealkylation sites (tertiary alicyclic amines) is 1. The average molecular weight is 450 g/mol. The molecule has 2 amide bonds. The van der Waals surface area contributed by atoms with Crippen LogP contribution >= 0.6 is 0 Å². The van der Waals surface area contributed by atoms with E-state index >= 15 is 0 Å². The first-order chi connectivity index (χ1) is 16.0. The fourth-order valence-corrected chi connectivity index (χ4v) is 4.07. The summed E-state index contributed by atoms with van der Waals surface area (Å²) in [5.41, 5.74) is 1.36. The minimum atomic E-state index is -0.337. The number of methoxy groups -OCH3 is 2. The molecule has 2 aromatic carbocycles. The lowest BCUT2D eigenvalue weighted by molar-refractivity contribution is -0.131. The number of carbonyl (C=O) groups excluding carboxylic acids is 2. The van der Waals surface area contributed by atoms with Gasteiger partial charge in [-0.05, 0) is 43.2 Å². The molecular weight excluding hydrogens is 422 g/mol. The highest BCUT2D eigenvalue weighted by molar-refractivity contribution is 5.94. The molecule has 1 fully saturated rings. The number of nitrogens with one attached hydrogen (secondary N) is 2. The number of carbonyl (C=O) groups is 2. The fraction of sp³-hybridized carbons (Fsp3) is 0.333. The Labute approximate surface area is 192 Å². The maximum absolute atomic E-state index is 13.4. The Morgan fingerprint density at radius 3 is 2.42 bits per heavy atom. The van der Waals surface area contributed by atoms with Crippen molar-refractivity contribution in [3.05, 3.63) is 71.3 Å². The predicted molar refractivity (Wildman–Crippen MR) is 121 cm³/mol. The van der Waals surface area contributed by atoms with Crippen LogP contribution in [0.5, 0.6) is 11.5 Å². The maximum atomic E-state index is 13.4. The number of hydrogen-bond acceptors (Lipinski definition) is 6. The van der Waals surface area contributed by atoms with Gasteiger partial charge in [0, 0.05) is 24.2 Å². The van der Waals surface area contributed by atoms with E-state index in [2.05, 4.69) is 20.5 Å². The summed E-state index contributed by atoms with van der Waals surface area (Å²) in [5.74, 6) is 2.19. The third-order valence-corrected chi connectivity index (χ3v) is 5.67. The van der Waals surface area contributed by atoms with Crippen molar-refractivity contribution < 1.29 is 19.1 Å². The lowest BCUT2D eigenvalue weighted by Gasteiger charge is -2.22. The minimum Gasteiger partial charge on any atom is -0.497 e. The number of rotatable bonds is 7. The summed E-state index contributed by atoms with van der Waals surface area (Å²) in [7, 11) is 3.14. The quantitative estimate of drug-likeness (QED) is 0.573. The summed E-state index contributed by atoms with van der Waals surface area (Å²) in [6.45, 7) is 2.19. The van der Waals surface area contributed by atoms with Crippen LogP contribution in [0.3, 0.4) is 0 Å². The molecule has 1 aliphatic rings. The van der Waals surface area contributed by atoms with Crippen LogP contribution in [0.15, 0.2) is 48.5 Å². The summed E-state index contributed by atoms with van der Waals surface area (Å²) < 4.78 is 10.6. The molecule has 2 heterocycles. The number of H-pyrrole nitrogens is 1. The van der Waals surface area contributed by atoms with E-state index in [9.17, 15) is 9.59 Å². The first-order valence-electron chi connectivity index (χ1n) is 10.7. The number of aromatic amines is 1. The van der Waals surface area contributed by atoms with Crippen LogP contribution in [0.4, 0.5) is 0 Å². The molecule has 0 unspecified atom stereocenters. The molecule has 33 heavy (non-hydrogen) atoms. The van der Waals surface area contributed by atoms with Crippen molar-refractivity contribution in [3.8, 4) is 11.5 Å². The summed E-state index contributed by atoms with van der Waals surface area (Å²) in [5, 5.41) is 10.2. The van der Waals surface area contributed by atoms with Gasteiger partial charge in [-0.25, -0.2) is 4.98 Å². The van der Waals surface area contributed by atoms with Gasteiger partial charge in [0.1, 0.15) is 17.3 Å². The topological polar surface area (TPSA) is 109 Å². The molecule has 4 rings (SSSR count). The molecule has 0 radical (unpaired) electrons. The Morgan fingerprint density at radius 2 is 1.82 bits per heavy atom. The zero-order chi connectivity index (χ0) is 23.4. The third-order valence-electron chi connectivity index (χ3n) is 5.67. The van der Waals surface area contributed by atoms with E-state index in [1.165, 1.54) is 0 Å². The van der Waals surface area contributed by atoms with Crippen LogP contribution in [-0.2, 0) is 11.2 Å². The van der Waals surface area contributed by atoms with E-state index in [0.29, 0.717) is 41.7 Å². The summed E-state index contributed by atoms with van der Waals surface area (Å²) >= 11 is 0. The maximum Gasteiger partial charge on any atom is 0.251 e. The Hall–Kier alpha value is -3.88. The van der Waals surface area contributed by atoms with Gasteiger partial charge in [0.15, 0.2) is 5.82 Å². The number of benzene rings is 2. The van der Waals surface area contributed by atoms with Crippen molar-refractivity contribution in [2.24, 2.45) is 0 Å². The normalized spacial score (nSPS) is 17.6. The highest BCUT2D eigenvalue weighted by Crippen LogP contribution is 2.32. The zero-order valence-corrected chi connectivity index (χ0v) is 18.9. The van der Waals surface area contributed by atoms with E-state index in [1.807, 2.05) is 37.3 Å². The first-order valence-corrected chi connectivity index (χ1v) is 10.7. The van der Waals surface area contributed by atoms with Crippen LogP contribution in [0.25, 0.3) is 0 Å². The summed E-state index contributed by atoms with van der Waals surface area (Å²) in [6.07, 6.45) is 0.690. The summed E-state index contributed by atoms with van der Waals surface area (Å²) in [4.78, 5) is 32.2. The fourth-order valence-electron chi connectivity index (χ4n) is 4.07. The molecule has 1 aliphatic heterocycles. The number of aryl methyl sites for hydroxylation is 1. The molecule has 0 aliphatic carbocycles. The van der Waals surface area contributed by atoms with Crippen LogP contribution in [-0.4, -0.2) is 58.7 Å². The number of aromatic nitrogens is 3. The molecule has 2 N–H and O–H groups in total. The third kappa shape index (κ3) is 5.14. The Morgan fingerprint density at radius 1 is 1.12 bits per heavy atom.